The zero-order valence-corrected chi connectivity index (χ0v) is 21.6. The van der Waals surface area contributed by atoms with Gasteiger partial charge in [0, 0.05) is 18.8 Å². The van der Waals surface area contributed by atoms with Gasteiger partial charge in [-0.05, 0) is 49.3 Å². The molecule has 0 N–H and O–H groups in total. The second-order valence-electron chi connectivity index (χ2n) is 8.48. The highest BCUT2D eigenvalue weighted by Gasteiger charge is 2.22. The highest BCUT2D eigenvalue weighted by Crippen LogP contribution is 2.27. The van der Waals surface area contributed by atoms with Crippen LogP contribution in [0.3, 0.4) is 0 Å². The molecule has 7 heteroatoms. The van der Waals surface area contributed by atoms with Gasteiger partial charge in [0.15, 0.2) is 9.60 Å². The van der Waals surface area contributed by atoms with Gasteiger partial charge in [0.2, 0.25) is 5.95 Å². The molecule has 5 nitrogen and oxygen atoms in total. The van der Waals surface area contributed by atoms with Crippen molar-refractivity contribution in [2.75, 3.05) is 18.0 Å². The van der Waals surface area contributed by atoms with Crippen LogP contribution in [0.2, 0.25) is 0 Å². The molecular weight excluding hydrogens is 460 g/mol. The minimum absolute atomic E-state index is 0.0621. The third-order valence-electron chi connectivity index (χ3n) is 5.96. The highest BCUT2D eigenvalue weighted by molar-refractivity contribution is 7.73. The van der Waals surface area contributed by atoms with Crippen LogP contribution >= 0.6 is 23.6 Å². The molecule has 0 unspecified atom stereocenters. The first-order valence-corrected chi connectivity index (χ1v) is 13.4. The Hall–Kier alpha value is -2.77. The summed E-state index contributed by atoms with van der Waals surface area (Å²) < 4.78 is 4.93. The van der Waals surface area contributed by atoms with E-state index in [0.717, 1.165) is 63.0 Å². The van der Waals surface area contributed by atoms with E-state index in [1.165, 1.54) is 11.3 Å². The van der Waals surface area contributed by atoms with E-state index in [-0.39, 0.29) is 5.56 Å². The number of nitrogens with zero attached hydrogens (tertiary/aromatic N) is 4. The van der Waals surface area contributed by atoms with Gasteiger partial charge in [0.1, 0.15) is 4.70 Å². The molecule has 0 fully saturated rings. The van der Waals surface area contributed by atoms with Crippen LogP contribution < -0.4 is 10.5 Å². The van der Waals surface area contributed by atoms with Gasteiger partial charge in [0.05, 0.1) is 5.69 Å². The molecule has 2 aromatic carbocycles. The second kappa shape index (κ2) is 11.6. The van der Waals surface area contributed by atoms with Crippen LogP contribution in [-0.2, 0) is 0 Å². The Morgan fingerprint density at radius 1 is 0.824 bits per heavy atom. The van der Waals surface area contributed by atoms with Crippen LogP contribution in [0.25, 0.3) is 21.7 Å². The Kier molecular flexibility index (Phi) is 8.29. The smallest absolute Gasteiger partial charge is 0.279 e. The average Bonchev–Trinajstić information content (AvgIpc) is 3.20. The summed E-state index contributed by atoms with van der Waals surface area (Å²) >= 11 is 7.05. The normalized spacial score (nSPS) is 11.2. The lowest BCUT2D eigenvalue weighted by atomic mass is 10.2. The molecule has 2 aromatic heterocycles. The van der Waals surface area contributed by atoms with Crippen LogP contribution in [0.4, 0.5) is 5.95 Å². The molecule has 2 heterocycles. The molecule has 0 spiro atoms. The fraction of sp³-hybridized carbons (Fsp3) is 0.370. The van der Waals surface area contributed by atoms with E-state index >= 15 is 0 Å². The van der Waals surface area contributed by atoms with Crippen LogP contribution in [0, 0.1) is 3.95 Å². The van der Waals surface area contributed by atoms with Crippen molar-refractivity contribution in [3.8, 4) is 11.4 Å². The number of aromatic nitrogens is 3. The summed E-state index contributed by atoms with van der Waals surface area (Å²) in [5, 5.41) is 0. The quantitative estimate of drug-likeness (QED) is 0.165. The standard InChI is InChI=1S/C27H32N4OS2/c1-3-5-13-19-29(20-14-6-4-2)26-28-24-23(25(32)31(26)22-17-11-8-12-18-22)34-27(33)30(24)21-15-9-7-10-16-21/h7-12,15-18H,3-6,13-14,19-20H2,1-2H3. The Bertz CT molecular complexity index is 1320. The summed E-state index contributed by atoms with van der Waals surface area (Å²) in [6.45, 7) is 6.17. The molecule has 4 aromatic rings. The maximum absolute atomic E-state index is 14.0. The zero-order chi connectivity index (χ0) is 23.9. The molecule has 0 amide bonds. The summed E-state index contributed by atoms with van der Waals surface area (Å²) in [6, 6.07) is 19.8. The lowest BCUT2D eigenvalue weighted by Crippen LogP contribution is -2.34. The number of anilines is 1. The van der Waals surface area contributed by atoms with Gasteiger partial charge in [-0.2, -0.15) is 4.98 Å². The maximum Gasteiger partial charge on any atom is 0.279 e. The van der Waals surface area contributed by atoms with Gasteiger partial charge in [-0.1, -0.05) is 87.3 Å². The number of para-hydroxylation sites is 2. The van der Waals surface area contributed by atoms with Crippen LogP contribution in [-0.4, -0.2) is 27.2 Å². The zero-order valence-electron chi connectivity index (χ0n) is 19.9. The van der Waals surface area contributed by atoms with Crippen molar-refractivity contribution >= 4 is 39.9 Å². The van der Waals surface area contributed by atoms with Crippen molar-refractivity contribution in [2.45, 2.75) is 52.4 Å². The van der Waals surface area contributed by atoms with Gasteiger partial charge in [0.25, 0.3) is 5.56 Å². The summed E-state index contributed by atoms with van der Waals surface area (Å²) in [5.74, 6) is 0.702. The number of rotatable bonds is 11. The molecule has 0 aliphatic rings. The fourth-order valence-corrected chi connectivity index (χ4v) is 5.49. The second-order valence-corrected chi connectivity index (χ2v) is 10.1. The predicted molar refractivity (Wildman–Crippen MR) is 147 cm³/mol. The minimum atomic E-state index is -0.0621. The monoisotopic (exact) mass is 492 g/mol. The Morgan fingerprint density at radius 2 is 1.35 bits per heavy atom. The van der Waals surface area contributed by atoms with E-state index in [4.69, 9.17) is 17.2 Å². The molecule has 0 aliphatic carbocycles. The van der Waals surface area contributed by atoms with Gasteiger partial charge in [-0.3, -0.25) is 9.36 Å². The first-order valence-electron chi connectivity index (χ1n) is 12.2. The first kappa shape index (κ1) is 24.4. The fourth-order valence-electron chi connectivity index (χ4n) is 4.19. The summed E-state index contributed by atoms with van der Waals surface area (Å²) in [4.78, 5) is 21.4. The summed E-state index contributed by atoms with van der Waals surface area (Å²) in [6.07, 6.45) is 6.75. The van der Waals surface area contributed by atoms with Crippen molar-refractivity contribution in [3.63, 3.8) is 0 Å². The molecule has 0 aliphatic heterocycles. The minimum Gasteiger partial charge on any atom is -0.342 e. The van der Waals surface area contributed by atoms with Gasteiger partial charge in [-0.25, -0.2) is 4.57 Å². The van der Waals surface area contributed by atoms with Crippen molar-refractivity contribution in [3.05, 3.63) is 75.0 Å². The summed E-state index contributed by atoms with van der Waals surface area (Å²) in [5.41, 5.74) is 2.34. The van der Waals surface area contributed by atoms with Gasteiger partial charge >= 0.3 is 0 Å². The summed E-state index contributed by atoms with van der Waals surface area (Å²) in [7, 11) is 0. The molecule has 178 valence electrons. The van der Waals surface area contributed by atoms with E-state index in [0.29, 0.717) is 20.2 Å². The largest absolute Gasteiger partial charge is 0.342 e. The molecule has 0 saturated heterocycles. The molecule has 0 saturated carbocycles. The van der Waals surface area contributed by atoms with E-state index < -0.39 is 0 Å². The molecule has 0 radical (unpaired) electrons. The number of benzene rings is 2. The highest BCUT2D eigenvalue weighted by atomic mass is 32.1. The van der Waals surface area contributed by atoms with Crippen molar-refractivity contribution in [1.82, 2.24) is 14.1 Å². The Labute approximate surface area is 210 Å². The average molecular weight is 493 g/mol. The van der Waals surface area contributed by atoms with Crippen LogP contribution in [0.5, 0.6) is 0 Å². The molecular formula is C27H32N4OS2. The molecule has 34 heavy (non-hydrogen) atoms. The number of unbranched alkanes of at least 4 members (excludes halogenated alkanes) is 4. The lowest BCUT2D eigenvalue weighted by molar-refractivity contribution is 0.620. The van der Waals surface area contributed by atoms with Crippen molar-refractivity contribution in [1.29, 1.82) is 0 Å². The van der Waals surface area contributed by atoms with Gasteiger partial charge in [-0.15, -0.1) is 0 Å². The Morgan fingerprint density at radius 3 is 1.88 bits per heavy atom. The van der Waals surface area contributed by atoms with Gasteiger partial charge < -0.3 is 4.90 Å². The topological polar surface area (TPSA) is 43.1 Å². The maximum atomic E-state index is 14.0. The van der Waals surface area contributed by atoms with E-state index in [1.807, 2.05) is 65.2 Å². The number of thiazole rings is 1. The number of hydrogen-bond acceptors (Lipinski definition) is 5. The third-order valence-corrected chi connectivity index (χ3v) is 7.32. The van der Waals surface area contributed by atoms with Crippen LogP contribution in [0.15, 0.2) is 65.5 Å². The van der Waals surface area contributed by atoms with Crippen molar-refractivity contribution in [2.24, 2.45) is 0 Å². The predicted octanol–water partition coefficient (Wildman–Crippen LogP) is 7.15. The number of hydrogen-bond donors (Lipinski definition) is 0. The molecule has 4 rings (SSSR count). The first-order chi connectivity index (χ1) is 16.7. The molecule has 0 atom stereocenters. The SMILES string of the molecule is CCCCCN(CCCCC)c1nc2c(sc(=S)n2-c2ccccc2)c(=O)n1-c1ccccc1. The van der Waals surface area contributed by atoms with Crippen LogP contribution in [0.1, 0.15) is 52.4 Å². The molecule has 0 bridgehead atoms. The van der Waals surface area contributed by atoms with E-state index in [9.17, 15) is 4.79 Å². The lowest BCUT2D eigenvalue weighted by Gasteiger charge is -2.26. The third kappa shape index (κ3) is 5.15. The van der Waals surface area contributed by atoms with E-state index in [2.05, 4.69) is 18.7 Å². The number of fused-ring (bicyclic) bond motifs is 1. The van der Waals surface area contributed by atoms with E-state index in [1.54, 1.807) is 4.57 Å². The Balaban J connectivity index is 1.96. The van der Waals surface area contributed by atoms with Crippen molar-refractivity contribution < 1.29 is 0 Å².